The number of anilines is 1. The highest BCUT2D eigenvalue weighted by molar-refractivity contribution is 9.11. The molecule has 0 amide bonds. The Bertz CT molecular complexity index is 463. The number of nitrogens with one attached hydrogen (secondary N) is 1. The van der Waals surface area contributed by atoms with Crippen molar-refractivity contribution in [2.75, 3.05) is 11.9 Å². The van der Waals surface area contributed by atoms with Gasteiger partial charge in [-0.2, -0.15) is 5.10 Å². The molecule has 2 aromatic rings. The first-order chi connectivity index (χ1) is 6.77. The molecule has 0 bridgehead atoms. The molecular formula is C9H9BrN4. The van der Waals surface area contributed by atoms with Gasteiger partial charge in [0.15, 0.2) is 5.82 Å². The summed E-state index contributed by atoms with van der Waals surface area (Å²) in [5, 5.41) is 7.26. The lowest BCUT2D eigenvalue weighted by molar-refractivity contribution is 0.945. The highest BCUT2D eigenvalue weighted by Gasteiger charge is 2.01. The first kappa shape index (κ1) is 9.21. The highest BCUT2D eigenvalue weighted by atomic mass is 79.9. The summed E-state index contributed by atoms with van der Waals surface area (Å²) in [6.07, 6.45) is 5.26. The molecule has 2 rings (SSSR count). The third-order valence-corrected chi connectivity index (χ3v) is 2.05. The van der Waals surface area contributed by atoms with Crippen LogP contribution in [0.3, 0.4) is 0 Å². The molecule has 0 saturated heterocycles. The molecule has 0 aliphatic heterocycles. The van der Waals surface area contributed by atoms with E-state index in [-0.39, 0.29) is 0 Å². The van der Waals surface area contributed by atoms with Crippen LogP contribution in [-0.2, 0) is 0 Å². The summed E-state index contributed by atoms with van der Waals surface area (Å²) in [5.74, 6) is 0.811. The molecule has 0 atom stereocenters. The lowest BCUT2D eigenvalue weighted by Gasteiger charge is -2.04. The van der Waals surface area contributed by atoms with Crippen molar-refractivity contribution in [3.63, 3.8) is 0 Å². The number of nitrogens with zero attached hydrogens (tertiary/aromatic N) is 3. The van der Waals surface area contributed by atoms with Gasteiger partial charge in [-0.1, -0.05) is 22.5 Å². The van der Waals surface area contributed by atoms with Gasteiger partial charge < -0.3 is 5.32 Å². The van der Waals surface area contributed by atoms with E-state index in [2.05, 4.69) is 37.9 Å². The van der Waals surface area contributed by atoms with Crippen molar-refractivity contribution in [3.8, 4) is 0 Å². The molecule has 4 nitrogen and oxygen atoms in total. The third-order valence-electron chi connectivity index (χ3n) is 1.77. The van der Waals surface area contributed by atoms with Gasteiger partial charge in [-0.15, -0.1) is 0 Å². The van der Waals surface area contributed by atoms with Gasteiger partial charge in [-0.25, -0.2) is 9.50 Å². The summed E-state index contributed by atoms with van der Waals surface area (Å²) in [6, 6.07) is 1.91. The van der Waals surface area contributed by atoms with Crippen LogP contribution in [-0.4, -0.2) is 21.1 Å². The largest absolute Gasteiger partial charge is 0.364 e. The van der Waals surface area contributed by atoms with Crippen LogP contribution in [0.15, 0.2) is 35.7 Å². The summed E-state index contributed by atoms with van der Waals surface area (Å²) >= 11 is 3.28. The molecule has 0 aliphatic rings. The molecule has 0 radical (unpaired) electrons. The van der Waals surface area contributed by atoms with E-state index in [9.17, 15) is 0 Å². The Morgan fingerprint density at radius 2 is 2.43 bits per heavy atom. The van der Waals surface area contributed by atoms with Gasteiger partial charge in [0.05, 0.1) is 6.20 Å². The Balaban J connectivity index is 2.32. The first-order valence-electron chi connectivity index (χ1n) is 4.13. The maximum atomic E-state index is 4.22. The van der Waals surface area contributed by atoms with Crippen LogP contribution in [0.1, 0.15) is 0 Å². The second kappa shape index (κ2) is 3.79. The maximum Gasteiger partial charge on any atom is 0.152 e. The summed E-state index contributed by atoms with van der Waals surface area (Å²) in [5.41, 5.74) is 0.959. The van der Waals surface area contributed by atoms with E-state index in [4.69, 9.17) is 0 Å². The predicted molar refractivity (Wildman–Crippen MR) is 59.5 cm³/mol. The smallest absolute Gasteiger partial charge is 0.152 e. The van der Waals surface area contributed by atoms with E-state index in [1.54, 1.807) is 16.9 Å². The van der Waals surface area contributed by atoms with Crippen LogP contribution in [0.5, 0.6) is 0 Å². The molecule has 0 spiro atoms. The Morgan fingerprint density at radius 3 is 3.21 bits per heavy atom. The Kier molecular flexibility index (Phi) is 2.49. The quantitative estimate of drug-likeness (QED) is 0.910. The Hall–Kier alpha value is -1.36. The van der Waals surface area contributed by atoms with E-state index in [1.807, 2.05) is 12.3 Å². The summed E-state index contributed by atoms with van der Waals surface area (Å²) in [6.45, 7) is 4.39. The van der Waals surface area contributed by atoms with Gasteiger partial charge in [0.1, 0.15) is 5.52 Å². The van der Waals surface area contributed by atoms with Gasteiger partial charge in [0.25, 0.3) is 0 Å². The van der Waals surface area contributed by atoms with Gasteiger partial charge in [-0.3, -0.25) is 0 Å². The minimum Gasteiger partial charge on any atom is -0.364 e. The fraction of sp³-hybridized carbons (Fsp3) is 0.111. The minimum absolute atomic E-state index is 0.651. The zero-order valence-electron chi connectivity index (χ0n) is 7.44. The van der Waals surface area contributed by atoms with Crippen molar-refractivity contribution in [1.29, 1.82) is 0 Å². The number of rotatable bonds is 3. The monoisotopic (exact) mass is 252 g/mol. The van der Waals surface area contributed by atoms with Crippen molar-refractivity contribution in [3.05, 3.63) is 35.7 Å². The van der Waals surface area contributed by atoms with Crippen molar-refractivity contribution in [2.24, 2.45) is 0 Å². The van der Waals surface area contributed by atoms with Crippen molar-refractivity contribution < 1.29 is 0 Å². The van der Waals surface area contributed by atoms with Crippen LogP contribution < -0.4 is 5.32 Å². The van der Waals surface area contributed by atoms with Gasteiger partial charge in [-0.05, 0) is 6.07 Å². The molecular weight excluding hydrogens is 244 g/mol. The molecule has 1 N–H and O–H groups in total. The fourth-order valence-corrected chi connectivity index (χ4v) is 1.31. The lowest BCUT2D eigenvalue weighted by atomic mass is 10.4. The maximum absolute atomic E-state index is 4.22. The lowest BCUT2D eigenvalue weighted by Crippen LogP contribution is -2.04. The van der Waals surface area contributed by atoms with E-state index >= 15 is 0 Å². The van der Waals surface area contributed by atoms with E-state index in [0.29, 0.717) is 6.54 Å². The summed E-state index contributed by atoms with van der Waals surface area (Å²) in [7, 11) is 0. The molecule has 2 heterocycles. The van der Waals surface area contributed by atoms with Crippen LogP contribution in [0.25, 0.3) is 5.52 Å². The second-order valence-electron chi connectivity index (χ2n) is 2.81. The number of hydrogen-bond donors (Lipinski definition) is 1. The van der Waals surface area contributed by atoms with Gasteiger partial charge in [0, 0.05) is 23.4 Å². The second-order valence-corrected chi connectivity index (χ2v) is 3.93. The average Bonchev–Trinajstić information content (AvgIpc) is 2.62. The molecule has 2 aromatic heterocycles. The number of halogens is 1. The van der Waals surface area contributed by atoms with Crippen LogP contribution >= 0.6 is 15.9 Å². The molecule has 0 aromatic carbocycles. The SMILES string of the molecule is C=C(Br)CNc1nccn2nccc12. The molecule has 0 fully saturated rings. The van der Waals surface area contributed by atoms with Crippen molar-refractivity contribution >= 4 is 27.3 Å². The first-order valence-corrected chi connectivity index (χ1v) is 4.92. The zero-order chi connectivity index (χ0) is 9.97. The van der Waals surface area contributed by atoms with Crippen LogP contribution in [0, 0.1) is 0 Å². The standard InChI is InChI=1S/C9H9BrN4/c1-7(10)6-12-9-8-2-3-13-14(8)5-4-11-9/h2-5H,1,6H2,(H,11,12). The fourth-order valence-electron chi connectivity index (χ4n) is 1.17. The van der Waals surface area contributed by atoms with E-state index < -0.39 is 0 Å². The molecule has 14 heavy (non-hydrogen) atoms. The summed E-state index contributed by atoms with van der Waals surface area (Å²) < 4.78 is 2.66. The zero-order valence-corrected chi connectivity index (χ0v) is 9.03. The topological polar surface area (TPSA) is 42.2 Å². The molecule has 72 valence electrons. The highest BCUT2D eigenvalue weighted by Crippen LogP contribution is 2.13. The third kappa shape index (κ3) is 1.77. The molecule has 0 aliphatic carbocycles. The average molecular weight is 253 g/mol. The normalized spacial score (nSPS) is 10.4. The van der Waals surface area contributed by atoms with Crippen molar-refractivity contribution in [1.82, 2.24) is 14.6 Å². The number of aromatic nitrogens is 3. The molecule has 0 unspecified atom stereocenters. The summed E-state index contributed by atoms with van der Waals surface area (Å²) in [4.78, 5) is 4.22. The molecule has 5 heteroatoms. The minimum atomic E-state index is 0.651. The predicted octanol–water partition coefficient (Wildman–Crippen LogP) is 2.05. The van der Waals surface area contributed by atoms with Crippen molar-refractivity contribution in [2.45, 2.75) is 0 Å². The van der Waals surface area contributed by atoms with E-state index in [1.165, 1.54) is 0 Å². The Labute approximate surface area is 89.8 Å². The Morgan fingerprint density at radius 1 is 1.57 bits per heavy atom. The van der Waals surface area contributed by atoms with Crippen LogP contribution in [0.4, 0.5) is 5.82 Å². The van der Waals surface area contributed by atoms with Gasteiger partial charge in [0.2, 0.25) is 0 Å². The van der Waals surface area contributed by atoms with Gasteiger partial charge >= 0.3 is 0 Å². The number of fused-ring (bicyclic) bond motifs is 1. The number of hydrogen-bond acceptors (Lipinski definition) is 3. The van der Waals surface area contributed by atoms with E-state index in [0.717, 1.165) is 15.8 Å². The molecule has 0 saturated carbocycles. The van der Waals surface area contributed by atoms with Crippen LogP contribution in [0.2, 0.25) is 0 Å².